The van der Waals surface area contributed by atoms with Crippen LogP contribution in [0.4, 0.5) is 5.69 Å². The molecule has 0 saturated heterocycles. The Morgan fingerprint density at radius 1 is 1.04 bits per heavy atom. The molecule has 26 heavy (non-hydrogen) atoms. The van der Waals surface area contributed by atoms with E-state index in [0.29, 0.717) is 0 Å². The normalized spacial score (nSPS) is 13.7. The lowest BCUT2D eigenvalue weighted by atomic mass is 9.92. The van der Waals surface area contributed by atoms with Crippen LogP contribution < -0.4 is 10.3 Å². The molecule has 2 aromatic carbocycles. The maximum Gasteiger partial charge on any atom is 0.270 e. The second-order valence-electron chi connectivity index (χ2n) is 6.00. The summed E-state index contributed by atoms with van der Waals surface area (Å²) in [7, 11) is -3.94. The van der Waals surface area contributed by atoms with Gasteiger partial charge in [0.25, 0.3) is 21.6 Å². The zero-order valence-electron chi connectivity index (χ0n) is 13.8. The van der Waals surface area contributed by atoms with Gasteiger partial charge in [-0.25, -0.2) is 8.42 Å². The first-order chi connectivity index (χ1) is 12.4. The van der Waals surface area contributed by atoms with Gasteiger partial charge in [0.15, 0.2) is 0 Å². The fraction of sp³-hybridized carbons (Fsp3) is 0.235. The maximum absolute atomic E-state index is 12.4. The number of hydrogen-bond acceptors (Lipinski definition) is 5. The average molecular weight is 375 g/mol. The smallest absolute Gasteiger partial charge is 0.270 e. The molecule has 8 nitrogen and oxygen atoms in total. The summed E-state index contributed by atoms with van der Waals surface area (Å²) in [4.78, 5) is 24.3. The molecule has 2 aromatic rings. The van der Waals surface area contributed by atoms with Crippen LogP contribution in [-0.4, -0.2) is 19.2 Å². The monoisotopic (exact) mass is 375 g/mol. The number of nitrogens with one attached hydrogen (secondary N) is 2. The van der Waals surface area contributed by atoms with Crippen LogP contribution in [-0.2, 0) is 22.9 Å². The summed E-state index contributed by atoms with van der Waals surface area (Å²) in [6.07, 6.45) is 3.88. The standard InChI is InChI=1S/C17H17N3O5S/c21-17(14-6-3-7-15(10-14)20(22)23)18-19-26(24,25)16-9-8-12-4-1-2-5-13(12)11-16/h3,6-11,19H,1-2,4-5H2,(H,18,21). The van der Waals surface area contributed by atoms with Gasteiger partial charge >= 0.3 is 0 Å². The van der Waals surface area contributed by atoms with E-state index in [4.69, 9.17) is 0 Å². The summed E-state index contributed by atoms with van der Waals surface area (Å²) in [6.45, 7) is 0. The number of carbonyl (C=O) groups is 1. The SMILES string of the molecule is O=C(NNS(=O)(=O)c1ccc2c(c1)CCCC2)c1cccc([N+](=O)[O-])c1. The van der Waals surface area contributed by atoms with Crippen molar-refractivity contribution in [1.29, 1.82) is 0 Å². The Bertz CT molecular complexity index is 972. The van der Waals surface area contributed by atoms with E-state index in [9.17, 15) is 23.3 Å². The summed E-state index contributed by atoms with van der Waals surface area (Å²) in [5.74, 6) is -0.782. The molecular formula is C17H17N3O5S. The highest BCUT2D eigenvalue weighted by atomic mass is 32.2. The third-order valence-electron chi connectivity index (χ3n) is 4.25. The number of amides is 1. The zero-order valence-corrected chi connectivity index (χ0v) is 14.6. The maximum atomic E-state index is 12.4. The van der Waals surface area contributed by atoms with Crippen LogP contribution in [0.3, 0.4) is 0 Å². The van der Waals surface area contributed by atoms with Crippen LogP contribution in [0.1, 0.15) is 34.3 Å². The number of nitro benzene ring substituents is 1. The largest absolute Gasteiger partial charge is 0.273 e. The molecule has 0 saturated carbocycles. The van der Waals surface area contributed by atoms with Gasteiger partial charge in [0.2, 0.25) is 0 Å². The Hall–Kier alpha value is -2.78. The number of hydrazine groups is 1. The van der Waals surface area contributed by atoms with Crippen molar-refractivity contribution in [2.45, 2.75) is 30.6 Å². The molecule has 0 aliphatic heterocycles. The molecule has 0 unspecified atom stereocenters. The van der Waals surface area contributed by atoms with E-state index in [0.717, 1.165) is 42.9 Å². The minimum Gasteiger partial charge on any atom is -0.273 e. The van der Waals surface area contributed by atoms with Gasteiger partial charge in [-0.05, 0) is 55.0 Å². The minimum absolute atomic E-state index is 0.0210. The molecule has 0 atom stereocenters. The van der Waals surface area contributed by atoms with Crippen molar-refractivity contribution in [3.63, 3.8) is 0 Å². The summed E-state index contributed by atoms with van der Waals surface area (Å²) in [5.41, 5.74) is 3.96. The van der Waals surface area contributed by atoms with Gasteiger partial charge in [-0.15, -0.1) is 4.83 Å². The summed E-state index contributed by atoms with van der Waals surface area (Å²) >= 11 is 0. The van der Waals surface area contributed by atoms with Gasteiger partial charge in [-0.3, -0.25) is 20.3 Å². The molecule has 0 aromatic heterocycles. The number of rotatable bonds is 5. The number of nitrogens with zero attached hydrogens (tertiary/aromatic N) is 1. The van der Waals surface area contributed by atoms with E-state index in [1.54, 1.807) is 12.1 Å². The highest BCUT2D eigenvalue weighted by Crippen LogP contribution is 2.24. The van der Waals surface area contributed by atoms with Gasteiger partial charge in [-0.1, -0.05) is 12.1 Å². The second-order valence-corrected chi connectivity index (χ2v) is 7.69. The quantitative estimate of drug-likeness (QED) is 0.613. The van der Waals surface area contributed by atoms with Gasteiger partial charge in [0.1, 0.15) is 0 Å². The lowest BCUT2D eigenvalue weighted by molar-refractivity contribution is -0.384. The molecule has 0 heterocycles. The Labute approximate surface area is 150 Å². The molecule has 0 fully saturated rings. The molecule has 2 N–H and O–H groups in total. The van der Waals surface area contributed by atoms with Crippen molar-refractivity contribution < 1.29 is 18.1 Å². The van der Waals surface area contributed by atoms with Crippen LogP contribution in [0.15, 0.2) is 47.4 Å². The fourth-order valence-corrected chi connectivity index (χ4v) is 3.77. The molecule has 1 amide bonds. The Balaban J connectivity index is 1.73. The van der Waals surface area contributed by atoms with Gasteiger partial charge in [0, 0.05) is 17.7 Å². The number of non-ortho nitro benzene ring substituents is 1. The first-order valence-corrected chi connectivity index (χ1v) is 9.53. The molecule has 0 spiro atoms. The van der Waals surface area contributed by atoms with E-state index in [1.165, 1.54) is 24.3 Å². The summed E-state index contributed by atoms with van der Waals surface area (Å²) < 4.78 is 24.8. The Morgan fingerprint density at radius 3 is 2.50 bits per heavy atom. The number of aryl methyl sites for hydroxylation is 2. The van der Waals surface area contributed by atoms with Crippen molar-refractivity contribution in [3.05, 3.63) is 69.3 Å². The lowest BCUT2D eigenvalue weighted by Gasteiger charge is -2.17. The Morgan fingerprint density at radius 2 is 1.77 bits per heavy atom. The molecule has 136 valence electrons. The third kappa shape index (κ3) is 3.89. The highest BCUT2D eigenvalue weighted by Gasteiger charge is 2.19. The molecule has 1 aliphatic carbocycles. The topological polar surface area (TPSA) is 118 Å². The number of carbonyl (C=O) groups excluding carboxylic acids is 1. The minimum atomic E-state index is -3.94. The highest BCUT2D eigenvalue weighted by molar-refractivity contribution is 7.89. The first kappa shape index (κ1) is 18.0. The van der Waals surface area contributed by atoms with Crippen LogP contribution in [0.2, 0.25) is 0 Å². The number of sulfonamides is 1. The molecule has 3 rings (SSSR count). The van der Waals surface area contributed by atoms with E-state index < -0.39 is 20.9 Å². The lowest BCUT2D eigenvalue weighted by Crippen LogP contribution is -2.41. The molecule has 1 aliphatic rings. The number of nitro groups is 1. The van der Waals surface area contributed by atoms with E-state index in [1.807, 2.05) is 4.83 Å². The van der Waals surface area contributed by atoms with Crippen LogP contribution in [0.5, 0.6) is 0 Å². The van der Waals surface area contributed by atoms with Crippen molar-refractivity contribution in [2.75, 3.05) is 0 Å². The molecule has 0 bridgehead atoms. The molecule has 9 heteroatoms. The van der Waals surface area contributed by atoms with Crippen molar-refractivity contribution in [3.8, 4) is 0 Å². The van der Waals surface area contributed by atoms with E-state index in [2.05, 4.69) is 5.43 Å². The predicted molar refractivity (Wildman–Crippen MR) is 94.0 cm³/mol. The second kappa shape index (κ2) is 7.22. The van der Waals surface area contributed by atoms with Crippen LogP contribution >= 0.6 is 0 Å². The van der Waals surface area contributed by atoms with Crippen molar-refractivity contribution in [1.82, 2.24) is 10.3 Å². The Kier molecular flexibility index (Phi) is 5.01. The average Bonchev–Trinajstić information content (AvgIpc) is 2.65. The van der Waals surface area contributed by atoms with E-state index >= 15 is 0 Å². The zero-order chi connectivity index (χ0) is 18.7. The van der Waals surface area contributed by atoms with Crippen molar-refractivity contribution >= 4 is 21.6 Å². The molecular weight excluding hydrogens is 358 g/mol. The third-order valence-corrected chi connectivity index (χ3v) is 5.49. The van der Waals surface area contributed by atoms with Gasteiger partial charge < -0.3 is 0 Å². The van der Waals surface area contributed by atoms with Crippen molar-refractivity contribution in [2.24, 2.45) is 0 Å². The van der Waals surface area contributed by atoms with Crippen LogP contribution in [0.25, 0.3) is 0 Å². The molecule has 0 radical (unpaired) electrons. The van der Waals surface area contributed by atoms with Gasteiger partial charge in [-0.2, -0.15) is 0 Å². The number of fused-ring (bicyclic) bond motifs is 1. The van der Waals surface area contributed by atoms with E-state index in [-0.39, 0.29) is 16.1 Å². The number of benzene rings is 2. The number of hydrogen-bond donors (Lipinski definition) is 2. The predicted octanol–water partition coefficient (Wildman–Crippen LogP) is 2.10. The summed E-state index contributed by atoms with van der Waals surface area (Å²) in [5, 5.41) is 10.8. The van der Waals surface area contributed by atoms with Gasteiger partial charge in [0.05, 0.1) is 9.82 Å². The summed E-state index contributed by atoms with van der Waals surface area (Å²) in [6, 6.07) is 9.95. The first-order valence-electron chi connectivity index (χ1n) is 8.05. The van der Waals surface area contributed by atoms with Crippen LogP contribution in [0, 0.1) is 10.1 Å². The fourth-order valence-electron chi connectivity index (χ4n) is 2.88.